The number of nitrogens with one attached hydrogen (secondary N) is 1. The van der Waals surface area contributed by atoms with E-state index >= 15 is 0 Å². The van der Waals surface area contributed by atoms with Crippen molar-refractivity contribution < 1.29 is 14.3 Å². The number of carbonyl (C=O) groups is 1. The number of hydrogen-bond donors (Lipinski definition) is 1. The Hall–Kier alpha value is -3.12. The van der Waals surface area contributed by atoms with Crippen LogP contribution in [0, 0.1) is 6.92 Å². The van der Waals surface area contributed by atoms with Crippen LogP contribution < -0.4 is 14.8 Å². The summed E-state index contributed by atoms with van der Waals surface area (Å²) >= 11 is 1.39. The highest BCUT2D eigenvalue weighted by atomic mass is 32.1. The van der Waals surface area contributed by atoms with Crippen LogP contribution in [0.1, 0.15) is 11.1 Å². The first-order valence-electron chi connectivity index (χ1n) is 8.32. The predicted molar refractivity (Wildman–Crippen MR) is 109 cm³/mol. The number of anilines is 1. The zero-order valence-corrected chi connectivity index (χ0v) is 16.2. The van der Waals surface area contributed by atoms with Crippen LogP contribution in [-0.4, -0.2) is 25.1 Å². The fourth-order valence-electron chi connectivity index (χ4n) is 2.47. The van der Waals surface area contributed by atoms with Gasteiger partial charge in [-0.3, -0.25) is 10.1 Å². The summed E-state index contributed by atoms with van der Waals surface area (Å²) in [4.78, 5) is 16.7. The van der Waals surface area contributed by atoms with Crippen LogP contribution in [0.15, 0.2) is 53.9 Å². The minimum atomic E-state index is -0.260. The van der Waals surface area contributed by atoms with Crippen molar-refractivity contribution in [3.05, 3.63) is 65.0 Å². The van der Waals surface area contributed by atoms with Crippen molar-refractivity contribution in [3.63, 3.8) is 0 Å². The summed E-state index contributed by atoms with van der Waals surface area (Å²) in [5.74, 6) is 1.10. The molecule has 0 aliphatic rings. The largest absolute Gasteiger partial charge is 0.497 e. The third kappa shape index (κ3) is 4.74. The van der Waals surface area contributed by atoms with E-state index in [2.05, 4.69) is 10.3 Å². The summed E-state index contributed by atoms with van der Waals surface area (Å²) in [6.45, 7) is 2.04. The van der Waals surface area contributed by atoms with Gasteiger partial charge in [0.05, 0.1) is 19.9 Å². The fraction of sp³-hybridized carbons (Fsp3) is 0.143. The Morgan fingerprint density at radius 3 is 2.59 bits per heavy atom. The van der Waals surface area contributed by atoms with Crippen LogP contribution >= 0.6 is 11.3 Å². The number of thiazole rings is 1. The molecule has 1 heterocycles. The molecule has 1 N–H and O–H groups in total. The van der Waals surface area contributed by atoms with Gasteiger partial charge in [0, 0.05) is 22.6 Å². The average Bonchev–Trinajstić information content (AvgIpc) is 3.15. The van der Waals surface area contributed by atoms with Gasteiger partial charge in [0.1, 0.15) is 11.5 Å². The van der Waals surface area contributed by atoms with Crippen molar-refractivity contribution in [2.45, 2.75) is 6.92 Å². The molecule has 0 aliphatic carbocycles. The number of carbonyl (C=O) groups excluding carboxylic acids is 1. The van der Waals surface area contributed by atoms with Gasteiger partial charge < -0.3 is 9.47 Å². The molecule has 0 saturated carbocycles. The minimum Gasteiger partial charge on any atom is -0.497 e. The fourth-order valence-corrected chi connectivity index (χ4v) is 3.19. The Labute approximate surface area is 162 Å². The van der Waals surface area contributed by atoms with E-state index in [1.165, 1.54) is 23.0 Å². The molecule has 0 unspecified atom stereocenters. The second-order valence-electron chi connectivity index (χ2n) is 5.83. The standard InChI is InChI=1S/C21H20N2O3S/c1-14-4-6-15(7-5-14)18-13-27-21(22-18)23-20(24)11-8-16-12-17(25-2)9-10-19(16)26-3/h4-13H,1-3H3,(H,22,23,24)/b11-8+. The number of nitrogens with zero attached hydrogens (tertiary/aromatic N) is 1. The monoisotopic (exact) mass is 380 g/mol. The molecule has 3 rings (SSSR count). The van der Waals surface area contributed by atoms with E-state index in [1.54, 1.807) is 32.4 Å². The van der Waals surface area contributed by atoms with Crippen LogP contribution in [0.3, 0.4) is 0 Å². The number of aromatic nitrogens is 1. The summed E-state index contributed by atoms with van der Waals surface area (Å²) in [5, 5.41) is 5.27. The Balaban J connectivity index is 1.69. The molecular weight excluding hydrogens is 360 g/mol. The van der Waals surface area contributed by atoms with Crippen molar-refractivity contribution in [1.82, 2.24) is 4.98 Å². The van der Waals surface area contributed by atoms with Crippen molar-refractivity contribution in [3.8, 4) is 22.8 Å². The van der Waals surface area contributed by atoms with Gasteiger partial charge in [0.25, 0.3) is 0 Å². The molecule has 5 nitrogen and oxygen atoms in total. The van der Waals surface area contributed by atoms with Crippen LogP contribution in [0.4, 0.5) is 5.13 Å². The number of aryl methyl sites for hydroxylation is 1. The SMILES string of the molecule is COc1ccc(OC)c(/C=C/C(=O)Nc2nc(-c3ccc(C)cc3)cs2)c1. The molecule has 1 aromatic heterocycles. The van der Waals surface area contributed by atoms with E-state index in [0.717, 1.165) is 16.8 Å². The predicted octanol–water partition coefficient (Wildman–Crippen LogP) is 4.79. The molecule has 138 valence electrons. The number of rotatable bonds is 6. The molecule has 0 saturated heterocycles. The van der Waals surface area contributed by atoms with E-state index < -0.39 is 0 Å². The number of benzene rings is 2. The van der Waals surface area contributed by atoms with Crippen molar-refractivity contribution in [2.75, 3.05) is 19.5 Å². The van der Waals surface area contributed by atoms with E-state index in [1.807, 2.05) is 42.6 Å². The van der Waals surface area contributed by atoms with Crippen LogP contribution in [-0.2, 0) is 4.79 Å². The molecule has 0 atom stereocenters. The Morgan fingerprint density at radius 2 is 1.89 bits per heavy atom. The first-order chi connectivity index (χ1) is 13.1. The number of methoxy groups -OCH3 is 2. The molecule has 6 heteroatoms. The number of hydrogen-bond acceptors (Lipinski definition) is 5. The molecule has 2 aromatic carbocycles. The maximum absolute atomic E-state index is 12.2. The van der Waals surface area contributed by atoms with Crippen molar-refractivity contribution >= 4 is 28.5 Å². The summed E-state index contributed by atoms with van der Waals surface area (Å²) in [5.41, 5.74) is 3.81. The van der Waals surface area contributed by atoms with Crippen molar-refractivity contribution in [2.24, 2.45) is 0 Å². The molecule has 0 radical (unpaired) electrons. The van der Waals surface area contributed by atoms with Gasteiger partial charge in [0.2, 0.25) is 5.91 Å². The highest BCUT2D eigenvalue weighted by Gasteiger charge is 2.07. The maximum Gasteiger partial charge on any atom is 0.250 e. The van der Waals surface area contributed by atoms with Gasteiger partial charge >= 0.3 is 0 Å². The van der Waals surface area contributed by atoms with E-state index in [4.69, 9.17) is 9.47 Å². The lowest BCUT2D eigenvalue weighted by Crippen LogP contribution is -2.07. The molecule has 0 aliphatic heterocycles. The van der Waals surface area contributed by atoms with Gasteiger partial charge in [0.15, 0.2) is 5.13 Å². The summed E-state index contributed by atoms with van der Waals surface area (Å²) in [6, 6.07) is 13.5. The van der Waals surface area contributed by atoms with Gasteiger partial charge in [-0.2, -0.15) is 0 Å². The van der Waals surface area contributed by atoms with E-state index in [-0.39, 0.29) is 5.91 Å². The quantitative estimate of drug-likeness (QED) is 0.625. The lowest BCUT2D eigenvalue weighted by atomic mass is 10.1. The third-order valence-corrected chi connectivity index (χ3v) is 4.69. The smallest absolute Gasteiger partial charge is 0.250 e. The number of ether oxygens (including phenoxy) is 2. The molecule has 27 heavy (non-hydrogen) atoms. The second kappa shape index (κ2) is 8.51. The zero-order valence-electron chi connectivity index (χ0n) is 15.4. The Bertz CT molecular complexity index is 962. The number of amides is 1. The summed E-state index contributed by atoms with van der Waals surface area (Å²) in [6.07, 6.45) is 3.13. The Morgan fingerprint density at radius 1 is 1.11 bits per heavy atom. The molecule has 0 fully saturated rings. The summed E-state index contributed by atoms with van der Waals surface area (Å²) < 4.78 is 10.5. The molecular formula is C21H20N2O3S. The van der Waals surface area contributed by atoms with Crippen molar-refractivity contribution in [1.29, 1.82) is 0 Å². The molecule has 3 aromatic rings. The van der Waals surface area contributed by atoms with E-state index in [9.17, 15) is 4.79 Å². The average molecular weight is 380 g/mol. The molecule has 1 amide bonds. The lowest BCUT2D eigenvalue weighted by molar-refractivity contribution is -0.111. The topological polar surface area (TPSA) is 60.5 Å². The van der Waals surface area contributed by atoms with Gasteiger partial charge in [-0.25, -0.2) is 4.98 Å². The molecule has 0 spiro atoms. The second-order valence-corrected chi connectivity index (χ2v) is 6.69. The maximum atomic E-state index is 12.2. The first kappa shape index (κ1) is 18.7. The van der Waals surface area contributed by atoms with Gasteiger partial charge in [-0.05, 0) is 31.2 Å². The normalized spacial score (nSPS) is 10.8. The van der Waals surface area contributed by atoms with Crippen LogP contribution in [0.2, 0.25) is 0 Å². The minimum absolute atomic E-state index is 0.260. The third-order valence-electron chi connectivity index (χ3n) is 3.93. The summed E-state index contributed by atoms with van der Waals surface area (Å²) in [7, 11) is 3.18. The first-order valence-corrected chi connectivity index (χ1v) is 9.20. The van der Waals surface area contributed by atoms with Crippen LogP contribution in [0.25, 0.3) is 17.3 Å². The highest BCUT2D eigenvalue weighted by molar-refractivity contribution is 7.14. The van der Waals surface area contributed by atoms with Gasteiger partial charge in [-0.15, -0.1) is 11.3 Å². The lowest BCUT2D eigenvalue weighted by Gasteiger charge is -2.07. The zero-order chi connectivity index (χ0) is 19.2. The van der Waals surface area contributed by atoms with Gasteiger partial charge in [-0.1, -0.05) is 29.8 Å². The highest BCUT2D eigenvalue weighted by Crippen LogP contribution is 2.26. The Kier molecular flexibility index (Phi) is 5.88. The van der Waals surface area contributed by atoms with E-state index in [0.29, 0.717) is 16.6 Å². The molecule has 0 bridgehead atoms. The van der Waals surface area contributed by atoms with Crippen LogP contribution in [0.5, 0.6) is 11.5 Å².